The van der Waals surface area contributed by atoms with E-state index in [0.29, 0.717) is 6.07 Å². The van der Waals surface area contributed by atoms with Crippen LogP contribution >= 0.6 is 0 Å². The molecule has 1 fully saturated rings. The van der Waals surface area contributed by atoms with Crippen LogP contribution in [0.1, 0.15) is 10.4 Å². The van der Waals surface area contributed by atoms with E-state index in [-0.39, 0.29) is 18.8 Å². The molecule has 2 aromatic rings. The van der Waals surface area contributed by atoms with E-state index in [2.05, 4.69) is 5.32 Å². The quantitative estimate of drug-likeness (QED) is 0.667. The van der Waals surface area contributed by atoms with Crippen molar-refractivity contribution >= 4 is 17.7 Å². The summed E-state index contributed by atoms with van der Waals surface area (Å²) in [6.07, 6.45) is -1.50. The van der Waals surface area contributed by atoms with Gasteiger partial charge in [0.25, 0.3) is 5.91 Å². The molecule has 0 spiro atoms. The first-order chi connectivity index (χ1) is 12.4. The number of nitrogens with zero attached hydrogens (tertiary/aromatic N) is 1. The summed E-state index contributed by atoms with van der Waals surface area (Å²) < 4.78 is 58.0. The van der Waals surface area contributed by atoms with Crippen LogP contribution in [0.4, 0.5) is 28.0 Å². The van der Waals surface area contributed by atoms with Crippen LogP contribution in [0.2, 0.25) is 0 Å². The second-order valence-electron chi connectivity index (χ2n) is 5.53. The SMILES string of the molecule is O=C(NCC1CN(c2cccc(F)c2)C(=O)O1)c1ccc(F)c(F)c1F. The Bertz CT molecular complexity index is 875. The second-order valence-corrected chi connectivity index (χ2v) is 5.53. The number of cyclic esters (lactones) is 1. The van der Waals surface area contributed by atoms with Gasteiger partial charge < -0.3 is 10.1 Å². The number of hydrogen-bond donors (Lipinski definition) is 1. The lowest BCUT2D eigenvalue weighted by Crippen LogP contribution is -2.35. The zero-order valence-corrected chi connectivity index (χ0v) is 13.1. The van der Waals surface area contributed by atoms with Crippen LogP contribution in [-0.4, -0.2) is 31.2 Å². The molecule has 5 nitrogen and oxygen atoms in total. The molecule has 1 heterocycles. The van der Waals surface area contributed by atoms with E-state index in [1.54, 1.807) is 0 Å². The van der Waals surface area contributed by atoms with Gasteiger partial charge in [0.05, 0.1) is 24.3 Å². The Morgan fingerprint density at radius 2 is 1.92 bits per heavy atom. The lowest BCUT2D eigenvalue weighted by molar-refractivity contribution is 0.0911. The summed E-state index contributed by atoms with van der Waals surface area (Å²) in [7, 11) is 0. The number of carbonyl (C=O) groups excluding carboxylic acids is 2. The third-order valence-electron chi connectivity index (χ3n) is 3.76. The Hall–Kier alpha value is -3.10. The molecule has 0 saturated carbocycles. The Balaban J connectivity index is 1.63. The molecule has 0 aromatic heterocycles. The van der Waals surface area contributed by atoms with E-state index < -0.39 is 46.9 Å². The first-order valence-electron chi connectivity index (χ1n) is 7.52. The first-order valence-corrected chi connectivity index (χ1v) is 7.52. The van der Waals surface area contributed by atoms with Crippen molar-refractivity contribution in [2.75, 3.05) is 18.0 Å². The van der Waals surface area contributed by atoms with E-state index >= 15 is 0 Å². The Morgan fingerprint density at radius 3 is 2.65 bits per heavy atom. The molecule has 1 aliphatic rings. The summed E-state index contributed by atoms with van der Waals surface area (Å²) in [6.45, 7) is -0.155. The average molecular weight is 368 g/mol. The lowest BCUT2D eigenvalue weighted by atomic mass is 10.2. The summed E-state index contributed by atoms with van der Waals surface area (Å²) in [5.41, 5.74) is -0.384. The molecule has 0 aliphatic carbocycles. The van der Waals surface area contributed by atoms with Crippen LogP contribution in [0.5, 0.6) is 0 Å². The molecule has 0 radical (unpaired) electrons. The molecule has 3 rings (SSSR count). The normalized spacial score (nSPS) is 16.5. The third kappa shape index (κ3) is 3.46. The Kier molecular flexibility index (Phi) is 4.79. The van der Waals surface area contributed by atoms with Gasteiger partial charge >= 0.3 is 6.09 Å². The number of hydrogen-bond acceptors (Lipinski definition) is 3. The molecule has 1 unspecified atom stereocenters. The van der Waals surface area contributed by atoms with Gasteiger partial charge in [0.15, 0.2) is 17.5 Å². The predicted molar refractivity (Wildman–Crippen MR) is 82.7 cm³/mol. The van der Waals surface area contributed by atoms with Gasteiger partial charge in [-0.05, 0) is 30.3 Å². The van der Waals surface area contributed by atoms with Crippen LogP contribution in [0.3, 0.4) is 0 Å². The van der Waals surface area contributed by atoms with Crippen molar-refractivity contribution in [1.29, 1.82) is 0 Å². The van der Waals surface area contributed by atoms with Gasteiger partial charge in [-0.3, -0.25) is 9.69 Å². The molecule has 1 saturated heterocycles. The molecule has 26 heavy (non-hydrogen) atoms. The number of benzene rings is 2. The van der Waals surface area contributed by atoms with Crippen molar-refractivity contribution < 1.29 is 31.9 Å². The molecule has 9 heteroatoms. The fourth-order valence-corrected chi connectivity index (χ4v) is 2.49. The highest BCUT2D eigenvalue weighted by molar-refractivity contribution is 5.94. The molecule has 136 valence electrons. The molecule has 1 N–H and O–H groups in total. The molecule has 2 amide bonds. The zero-order chi connectivity index (χ0) is 18.8. The van der Waals surface area contributed by atoms with Crippen molar-refractivity contribution in [2.24, 2.45) is 0 Å². The summed E-state index contributed by atoms with van der Waals surface area (Å²) in [5, 5.41) is 2.29. The smallest absolute Gasteiger partial charge is 0.414 e. The van der Waals surface area contributed by atoms with Crippen LogP contribution in [-0.2, 0) is 4.74 Å². The van der Waals surface area contributed by atoms with Crippen LogP contribution < -0.4 is 10.2 Å². The van der Waals surface area contributed by atoms with Crippen molar-refractivity contribution in [3.8, 4) is 0 Å². The van der Waals surface area contributed by atoms with Gasteiger partial charge in [0.2, 0.25) is 0 Å². The predicted octanol–water partition coefficient (Wildman–Crippen LogP) is 3.00. The third-order valence-corrected chi connectivity index (χ3v) is 3.76. The van der Waals surface area contributed by atoms with E-state index in [0.717, 1.165) is 12.1 Å². The number of carbonyl (C=O) groups is 2. The largest absolute Gasteiger partial charge is 0.442 e. The van der Waals surface area contributed by atoms with Crippen LogP contribution in [0, 0.1) is 23.3 Å². The minimum Gasteiger partial charge on any atom is -0.442 e. The van der Waals surface area contributed by atoms with Crippen molar-refractivity contribution in [2.45, 2.75) is 6.10 Å². The number of nitrogens with one attached hydrogen (secondary N) is 1. The Morgan fingerprint density at radius 1 is 1.15 bits per heavy atom. The number of rotatable bonds is 4. The second kappa shape index (κ2) is 7.03. The first kappa shape index (κ1) is 17.7. The molecule has 1 atom stereocenters. The van der Waals surface area contributed by atoms with Gasteiger partial charge in [-0.2, -0.15) is 0 Å². The average Bonchev–Trinajstić information content (AvgIpc) is 2.98. The maximum atomic E-state index is 13.6. The monoisotopic (exact) mass is 368 g/mol. The van der Waals surface area contributed by atoms with Crippen molar-refractivity contribution in [3.63, 3.8) is 0 Å². The topological polar surface area (TPSA) is 58.6 Å². The Labute approximate surface area is 145 Å². The summed E-state index contributed by atoms with van der Waals surface area (Å²) in [5.74, 6) is -6.27. The van der Waals surface area contributed by atoms with Crippen LogP contribution in [0.15, 0.2) is 36.4 Å². The summed E-state index contributed by atoms with van der Waals surface area (Å²) in [6, 6.07) is 6.76. The fourth-order valence-electron chi connectivity index (χ4n) is 2.49. The highest BCUT2D eigenvalue weighted by Gasteiger charge is 2.33. The summed E-state index contributed by atoms with van der Waals surface area (Å²) in [4.78, 5) is 25.0. The fraction of sp³-hybridized carbons (Fsp3) is 0.176. The van der Waals surface area contributed by atoms with E-state index in [1.807, 2.05) is 0 Å². The van der Waals surface area contributed by atoms with E-state index in [4.69, 9.17) is 4.74 Å². The van der Waals surface area contributed by atoms with Gasteiger partial charge in [-0.15, -0.1) is 0 Å². The van der Waals surface area contributed by atoms with Gasteiger partial charge in [0, 0.05) is 0 Å². The van der Waals surface area contributed by atoms with Crippen LogP contribution in [0.25, 0.3) is 0 Å². The van der Waals surface area contributed by atoms with Gasteiger partial charge in [0.1, 0.15) is 11.9 Å². The number of halogens is 4. The summed E-state index contributed by atoms with van der Waals surface area (Å²) >= 11 is 0. The minimum absolute atomic E-state index is 0.0306. The lowest BCUT2D eigenvalue weighted by Gasteiger charge is -2.13. The van der Waals surface area contributed by atoms with Crippen molar-refractivity contribution in [1.82, 2.24) is 5.32 Å². The van der Waals surface area contributed by atoms with E-state index in [9.17, 15) is 27.2 Å². The number of amides is 2. The molecule has 0 bridgehead atoms. The van der Waals surface area contributed by atoms with E-state index in [1.165, 1.54) is 23.1 Å². The minimum atomic E-state index is -1.75. The molecular weight excluding hydrogens is 356 g/mol. The standard InChI is InChI=1S/C17H12F4N2O3/c18-9-2-1-3-10(6-9)23-8-11(26-17(23)25)7-22-16(24)12-4-5-13(19)15(21)14(12)20/h1-6,11H,7-8H2,(H,22,24). The maximum Gasteiger partial charge on any atom is 0.414 e. The van der Waals surface area contributed by atoms with Gasteiger partial charge in [-0.25, -0.2) is 22.4 Å². The zero-order valence-electron chi connectivity index (χ0n) is 13.1. The van der Waals surface area contributed by atoms with Gasteiger partial charge in [-0.1, -0.05) is 6.07 Å². The molecule has 1 aliphatic heterocycles. The number of anilines is 1. The number of ether oxygens (including phenoxy) is 1. The van der Waals surface area contributed by atoms with Crippen molar-refractivity contribution in [3.05, 3.63) is 65.2 Å². The molecular formula is C17H12F4N2O3. The highest BCUT2D eigenvalue weighted by atomic mass is 19.2. The molecule has 2 aromatic carbocycles. The maximum absolute atomic E-state index is 13.6. The highest BCUT2D eigenvalue weighted by Crippen LogP contribution is 2.22.